The van der Waals surface area contributed by atoms with Crippen LogP contribution in [0.15, 0.2) is 11.8 Å². The van der Waals surface area contributed by atoms with Crippen LogP contribution in [0.5, 0.6) is 0 Å². The molecule has 1 rings (SSSR count). The van der Waals surface area contributed by atoms with Crippen molar-refractivity contribution in [1.82, 2.24) is 5.48 Å². The van der Waals surface area contributed by atoms with Gasteiger partial charge in [-0.25, -0.2) is 0 Å². The van der Waals surface area contributed by atoms with E-state index in [0.29, 0.717) is 0 Å². The van der Waals surface area contributed by atoms with E-state index in [9.17, 15) is 0 Å². The minimum atomic E-state index is 0.735. The zero-order valence-electron chi connectivity index (χ0n) is 5.81. The van der Waals surface area contributed by atoms with E-state index in [0.717, 1.165) is 13.0 Å². The lowest BCUT2D eigenvalue weighted by Crippen LogP contribution is -2.05. The van der Waals surface area contributed by atoms with Crippen LogP contribution in [0.3, 0.4) is 0 Å². The van der Waals surface area contributed by atoms with Gasteiger partial charge in [0.15, 0.2) is 0 Å². The Labute approximate surface area is 55.9 Å². The molecule has 0 radical (unpaired) electrons. The molecule has 2 heteroatoms. The maximum Gasteiger partial charge on any atom is 0.0947 e. The molecule has 1 N–H and O–H groups in total. The highest BCUT2D eigenvalue weighted by Crippen LogP contribution is 2.06. The number of rotatable bonds is 3. The molecule has 0 atom stereocenters. The number of nitrogens with one attached hydrogen (secondary N) is 1. The first-order valence-electron chi connectivity index (χ1n) is 3.50. The van der Waals surface area contributed by atoms with Gasteiger partial charge in [-0.2, -0.15) is 0 Å². The first kappa shape index (κ1) is 6.62. The number of hydrogen-bond acceptors (Lipinski definition) is 2. The van der Waals surface area contributed by atoms with Crippen LogP contribution in [0.4, 0.5) is 0 Å². The molecular weight excluding hydrogens is 114 g/mol. The Morgan fingerprint density at radius 1 is 1.78 bits per heavy atom. The van der Waals surface area contributed by atoms with Crippen LogP contribution in [0.2, 0.25) is 0 Å². The zero-order valence-corrected chi connectivity index (χ0v) is 5.81. The summed E-state index contributed by atoms with van der Waals surface area (Å²) in [4.78, 5) is 4.91. The Kier molecular flexibility index (Phi) is 2.58. The first-order valence-corrected chi connectivity index (χ1v) is 3.50. The third kappa shape index (κ3) is 2.06. The Morgan fingerprint density at radius 3 is 3.22 bits per heavy atom. The fraction of sp³-hybridized carbons (Fsp3) is 0.714. The summed E-state index contributed by atoms with van der Waals surface area (Å²) in [7, 11) is 0. The summed E-state index contributed by atoms with van der Waals surface area (Å²) in [5, 5.41) is 0. The molecule has 2 nitrogen and oxygen atoms in total. The van der Waals surface area contributed by atoms with E-state index in [-0.39, 0.29) is 0 Å². The molecule has 0 aliphatic carbocycles. The monoisotopic (exact) mass is 127 g/mol. The molecule has 9 heavy (non-hydrogen) atoms. The highest BCUT2D eigenvalue weighted by molar-refractivity contribution is 5.00. The second-order valence-corrected chi connectivity index (χ2v) is 2.25. The van der Waals surface area contributed by atoms with E-state index < -0.39 is 0 Å². The second kappa shape index (κ2) is 3.51. The lowest BCUT2D eigenvalue weighted by molar-refractivity contribution is 0.106. The van der Waals surface area contributed by atoms with Crippen molar-refractivity contribution in [1.29, 1.82) is 0 Å². The van der Waals surface area contributed by atoms with Crippen molar-refractivity contribution in [3.8, 4) is 0 Å². The highest BCUT2D eigenvalue weighted by atomic mass is 16.6. The lowest BCUT2D eigenvalue weighted by Gasteiger charge is -1.99. The zero-order chi connectivity index (χ0) is 6.53. The third-order valence-corrected chi connectivity index (χ3v) is 1.42. The van der Waals surface area contributed by atoms with Crippen molar-refractivity contribution in [2.45, 2.75) is 26.2 Å². The van der Waals surface area contributed by atoms with Crippen LogP contribution in [0.1, 0.15) is 26.2 Å². The molecule has 0 saturated carbocycles. The molecular formula is C7H13NO. The summed E-state index contributed by atoms with van der Waals surface area (Å²) in [6, 6.07) is 0. The average molecular weight is 127 g/mol. The van der Waals surface area contributed by atoms with Crippen LogP contribution in [-0.4, -0.2) is 6.61 Å². The van der Waals surface area contributed by atoms with Crippen molar-refractivity contribution < 1.29 is 4.84 Å². The van der Waals surface area contributed by atoms with Crippen LogP contribution in [0.25, 0.3) is 0 Å². The van der Waals surface area contributed by atoms with Gasteiger partial charge >= 0.3 is 0 Å². The quantitative estimate of drug-likeness (QED) is 0.621. The molecule has 1 heterocycles. The van der Waals surface area contributed by atoms with Crippen molar-refractivity contribution in [3.05, 3.63) is 11.8 Å². The Balaban J connectivity index is 2.11. The van der Waals surface area contributed by atoms with Gasteiger partial charge in [0, 0.05) is 5.70 Å². The predicted molar refractivity (Wildman–Crippen MR) is 36.7 cm³/mol. The number of hydroxylamine groups is 1. The van der Waals surface area contributed by atoms with E-state index in [1.54, 1.807) is 0 Å². The molecule has 1 aliphatic heterocycles. The molecule has 0 spiro atoms. The molecule has 1 aliphatic rings. The topological polar surface area (TPSA) is 21.3 Å². The summed E-state index contributed by atoms with van der Waals surface area (Å²) in [6.07, 6.45) is 5.73. The van der Waals surface area contributed by atoms with Crippen LogP contribution < -0.4 is 5.48 Å². The predicted octanol–water partition coefficient (Wildman–Crippen LogP) is 1.60. The van der Waals surface area contributed by atoms with Gasteiger partial charge in [-0.1, -0.05) is 13.3 Å². The molecule has 0 aromatic heterocycles. The summed E-state index contributed by atoms with van der Waals surface area (Å²) in [6.45, 7) is 2.93. The smallest absolute Gasteiger partial charge is 0.0947 e. The molecule has 0 fully saturated rings. The van der Waals surface area contributed by atoms with E-state index in [2.05, 4.69) is 18.5 Å². The molecule has 0 aromatic rings. The number of allylic oxidation sites excluding steroid dienone is 1. The summed E-state index contributed by atoms with van der Waals surface area (Å²) in [5.41, 5.74) is 4.10. The van der Waals surface area contributed by atoms with Gasteiger partial charge in [-0.15, -0.1) is 0 Å². The molecule has 0 bridgehead atoms. The molecule has 0 saturated heterocycles. The van der Waals surface area contributed by atoms with Gasteiger partial charge in [0.05, 0.1) is 6.61 Å². The average Bonchev–Trinajstić information content (AvgIpc) is 2.34. The van der Waals surface area contributed by atoms with E-state index in [1.807, 2.05) is 0 Å². The van der Waals surface area contributed by atoms with E-state index >= 15 is 0 Å². The third-order valence-electron chi connectivity index (χ3n) is 1.42. The standard InChI is InChI=1S/C7H13NO/c1-2-3-4-7-5-6-9-8-7/h5,8H,2-4,6H2,1H3. The Bertz CT molecular complexity index is 109. The van der Waals surface area contributed by atoms with Crippen LogP contribution >= 0.6 is 0 Å². The first-order chi connectivity index (χ1) is 4.43. The van der Waals surface area contributed by atoms with Crippen molar-refractivity contribution in [2.24, 2.45) is 0 Å². The van der Waals surface area contributed by atoms with Crippen molar-refractivity contribution in [2.75, 3.05) is 6.61 Å². The van der Waals surface area contributed by atoms with E-state index in [1.165, 1.54) is 18.5 Å². The van der Waals surface area contributed by atoms with Crippen molar-refractivity contribution >= 4 is 0 Å². The van der Waals surface area contributed by atoms with Crippen LogP contribution in [-0.2, 0) is 4.84 Å². The lowest BCUT2D eigenvalue weighted by atomic mass is 10.2. The largest absolute Gasteiger partial charge is 0.272 e. The maximum atomic E-state index is 4.91. The molecule has 0 aromatic carbocycles. The molecule has 52 valence electrons. The number of hydrogen-bond donors (Lipinski definition) is 1. The highest BCUT2D eigenvalue weighted by Gasteiger charge is 2.00. The van der Waals surface area contributed by atoms with Gasteiger partial charge in [0.2, 0.25) is 0 Å². The fourth-order valence-electron chi connectivity index (χ4n) is 0.839. The minimum absolute atomic E-state index is 0.735. The number of unbranched alkanes of at least 4 members (excludes halogenated alkanes) is 1. The summed E-state index contributed by atoms with van der Waals surface area (Å²) in [5.74, 6) is 0. The maximum absolute atomic E-state index is 4.91. The second-order valence-electron chi connectivity index (χ2n) is 2.25. The molecule has 0 amide bonds. The fourth-order valence-corrected chi connectivity index (χ4v) is 0.839. The van der Waals surface area contributed by atoms with Crippen molar-refractivity contribution in [3.63, 3.8) is 0 Å². The normalized spacial score (nSPS) is 17.2. The Morgan fingerprint density at radius 2 is 2.67 bits per heavy atom. The summed E-state index contributed by atoms with van der Waals surface area (Å²) >= 11 is 0. The van der Waals surface area contributed by atoms with Gasteiger partial charge < -0.3 is 0 Å². The SMILES string of the molecule is CCCCC1=CCON1. The van der Waals surface area contributed by atoms with Gasteiger partial charge in [-0.3, -0.25) is 10.3 Å². The Hall–Kier alpha value is -0.500. The minimum Gasteiger partial charge on any atom is -0.272 e. The van der Waals surface area contributed by atoms with E-state index in [4.69, 9.17) is 4.84 Å². The van der Waals surface area contributed by atoms with Crippen LogP contribution in [0, 0.1) is 0 Å². The summed E-state index contributed by atoms with van der Waals surface area (Å²) < 4.78 is 0. The molecule has 0 unspecified atom stereocenters. The van der Waals surface area contributed by atoms with Gasteiger partial charge in [-0.05, 0) is 18.9 Å². The van der Waals surface area contributed by atoms with Gasteiger partial charge in [0.1, 0.15) is 0 Å². The van der Waals surface area contributed by atoms with Gasteiger partial charge in [0.25, 0.3) is 0 Å².